The van der Waals surface area contributed by atoms with Crippen molar-refractivity contribution < 1.29 is 0 Å². The van der Waals surface area contributed by atoms with E-state index in [1.54, 1.807) is 0 Å². The Labute approximate surface area is 326 Å². The smallest absolute Gasteiger partial charge is 0.105 e. The zero-order valence-corrected chi connectivity index (χ0v) is 33.1. The molecule has 0 amide bonds. The van der Waals surface area contributed by atoms with Gasteiger partial charge in [0.25, 0.3) is 0 Å². The van der Waals surface area contributed by atoms with Crippen molar-refractivity contribution in [1.29, 1.82) is 0 Å². The zero-order valence-electron chi connectivity index (χ0n) is 33.1. The largest absolute Gasteiger partial charge is 0.328 e. The second-order valence-corrected chi connectivity index (χ2v) is 14.1. The fraction of sp³-hybridized carbons (Fsp3) is 0.273. The van der Waals surface area contributed by atoms with Crippen molar-refractivity contribution >= 4 is 45.1 Å². The molecule has 12 nitrogen and oxygen atoms in total. The van der Waals surface area contributed by atoms with E-state index in [9.17, 15) is 0 Å². The maximum absolute atomic E-state index is 5.43. The number of aliphatic imine (C=N–C) groups is 4. The molecular formula is C44H44N12. The molecular weight excluding hydrogens is 697 g/mol. The van der Waals surface area contributed by atoms with E-state index in [2.05, 4.69) is 94.6 Å². The van der Waals surface area contributed by atoms with Crippen molar-refractivity contribution in [2.45, 2.75) is 81.6 Å². The highest BCUT2D eigenvalue weighted by molar-refractivity contribution is 6.39. The van der Waals surface area contributed by atoms with Gasteiger partial charge in [0, 0.05) is 26.2 Å². The lowest BCUT2D eigenvalue weighted by molar-refractivity contribution is 0.722. The molecule has 0 radical (unpaired) electrons. The van der Waals surface area contributed by atoms with Crippen LogP contribution in [0.25, 0.3) is 22.3 Å². The Morgan fingerprint density at radius 1 is 0.339 bits per heavy atom. The Hall–Kier alpha value is -6.56. The predicted molar refractivity (Wildman–Crippen MR) is 225 cm³/mol. The first-order valence-electron chi connectivity index (χ1n) is 19.4. The predicted octanol–water partition coefficient (Wildman–Crippen LogP) is 7.79. The summed E-state index contributed by atoms with van der Waals surface area (Å²) in [6.45, 7) is 19.7. The van der Waals surface area contributed by atoms with Gasteiger partial charge in [-0.1, -0.05) is 0 Å². The van der Waals surface area contributed by atoms with Gasteiger partial charge in [-0.15, -0.1) is 0 Å². The molecule has 280 valence electrons. The number of aryl methyl sites for hydroxylation is 4. The average molecular weight is 741 g/mol. The standard InChI is InChI=1S/C44H44N12/c1-9-53-25(5)45-21-37(53)41-29-13-15-31(49-29)42(38-22-46-26(6)54(38)10-2)33-17-19-35(51-33)44(40-24-48-28(8)56(40)12-4)36-20-18-34(52-36)43(32-16-14-30(41)50-32)39-23-47-27(7)55(39)11-3/h13-24H,9-12H2,1-8H3. The van der Waals surface area contributed by atoms with E-state index < -0.39 is 0 Å². The molecule has 9 rings (SSSR count). The average Bonchev–Trinajstić information content (AvgIpc) is 4.05. The van der Waals surface area contributed by atoms with Gasteiger partial charge >= 0.3 is 0 Å². The molecule has 0 spiro atoms. The number of nitrogens with zero attached hydrogens (tertiary/aromatic N) is 12. The summed E-state index contributed by atoms with van der Waals surface area (Å²) in [5.41, 5.74) is 13.8. The summed E-state index contributed by atoms with van der Waals surface area (Å²) in [6.07, 6.45) is 24.5. The SMILES string of the molecule is CCn1c(C2=C3C=CC(=N3)C(c3cnc(C)n3CC)=C3C=CC(=N3)C(c3cnc(C)n3CC)=C3C=CC(=N3)C(c3cnc(C)n3CC)=C3C=CC2=N3)cnc1C. The van der Waals surface area contributed by atoms with Crippen LogP contribution in [0.5, 0.6) is 0 Å². The summed E-state index contributed by atoms with van der Waals surface area (Å²) < 4.78 is 8.86. The highest BCUT2D eigenvalue weighted by Gasteiger charge is 2.31. The van der Waals surface area contributed by atoms with Gasteiger partial charge in [0.15, 0.2) is 0 Å². The fourth-order valence-electron chi connectivity index (χ4n) is 8.40. The van der Waals surface area contributed by atoms with E-state index >= 15 is 0 Å². The highest BCUT2D eigenvalue weighted by Crippen LogP contribution is 2.39. The van der Waals surface area contributed by atoms with E-state index in [-0.39, 0.29) is 0 Å². The Balaban J connectivity index is 1.41. The van der Waals surface area contributed by atoms with Gasteiger partial charge in [-0.3, -0.25) is 0 Å². The summed E-state index contributed by atoms with van der Waals surface area (Å²) >= 11 is 0. The summed E-state index contributed by atoms with van der Waals surface area (Å²) in [7, 11) is 0. The minimum absolute atomic E-state index is 0.750. The lowest BCUT2D eigenvalue weighted by Crippen LogP contribution is -2.10. The minimum atomic E-state index is 0.750. The molecule has 0 N–H and O–H groups in total. The lowest BCUT2D eigenvalue weighted by Gasteiger charge is -2.15. The van der Waals surface area contributed by atoms with Crippen LogP contribution in [0, 0.1) is 27.7 Å². The van der Waals surface area contributed by atoms with Gasteiger partial charge < -0.3 is 18.3 Å². The summed E-state index contributed by atoms with van der Waals surface area (Å²) in [5, 5.41) is 0. The second kappa shape index (κ2) is 13.6. The molecule has 0 atom stereocenters. The van der Waals surface area contributed by atoms with Gasteiger partial charge in [-0.05, 0) is 104 Å². The Morgan fingerprint density at radius 3 is 0.750 bits per heavy atom. The quantitative estimate of drug-likeness (QED) is 0.183. The molecule has 9 heterocycles. The summed E-state index contributed by atoms with van der Waals surface area (Å²) in [5.74, 6) is 3.72. The molecule has 5 aliphatic rings. The maximum Gasteiger partial charge on any atom is 0.105 e. The summed E-state index contributed by atoms with van der Waals surface area (Å²) in [6, 6.07) is 0. The normalized spacial score (nSPS) is 17.4. The van der Waals surface area contributed by atoms with E-state index in [0.717, 1.165) is 140 Å². The summed E-state index contributed by atoms with van der Waals surface area (Å²) in [4.78, 5) is 40.7. The number of imidazole rings is 4. The van der Waals surface area contributed by atoms with Crippen molar-refractivity contribution in [2.75, 3.05) is 0 Å². The van der Waals surface area contributed by atoms with Crippen molar-refractivity contribution in [3.05, 3.63) is 142 Å². The second-order valence-electron chi connectivity index (χ2n) is 14.1. The first-order chi connectivity index (χ1) is 27.2. The van der Waals surface area contributed by atoms with E-state index in [1.165, 1.54) is 0 Å². The van der Waals surface area contributed by atoms with Gasteiger partial charge in [0.05, 0.1) is 115 Å². The van der Waals surface area contributed by atoms with Crippen LogP contribution in [-0.2, 0) is 26.2 Å². The number of hydrogen-bond acceptors (Lipinski definition) is 8. The van der Waals surface area contributed by atoms with Crippen LogP contribution in [0.3, 0.4) is 0 Å². The van der Waals surface area contributed by atoms with Crippen molar-refractivity contribution in [2.24, 2.45) is 20.0 Å². The molecule has 0 aromatic carbocycles. The fourth-order valence-corrected chi connectivity index (χ4v) is 8.40. The van der Waals surface area contributed by atoms with E-state index in [0.29, 0.717) is 0 Å². The highest BCUT2D eigenvalue weighted by atomic mass is 15.1. The van der Waals surface area contributed by atoms with Crippen LogP contribution in [0.15, 0.2) is 116 Å². The number of aromatic nitrogens is 8. The Kier molecular flexibility index (Phi) is 8.56. The molecule has 12 heteroatoms. The van der Waals surface area contributed by atoms with Crippen LogP contribution in [-0.4, -0.2) is 61.1 Å². The van der Waals surface area contributed by atoms with Gasteiger partial charge in [-0.25, -0.2) is 39.9 Å². The number of allylic oxidation sites excluding steroid dienone is 12. The molecule has 4 aromatic heterocycles. The van der Waals surface area contributed by atoms with E-state index in [4.69, 9.17) is 39.9 Å². The first-order valence-corrected chi connectivity index (χ1v) is 19.4. The third-order valence-corrected chi connectivity index (χ3v) is 11.1. The Morgan fingerprint density at radius 2 is 0.554 bits per heavy atom. The third-order valence-electron chi connectivity index (χ3n) is 11.1. The molecule has 0 fully saturated rings. The molecule has 4 aromatic rings. The van der Waals surface area contributed by atoms with Crippen LogP contribution in [0.4, 0.5) is 0 Å². The van der Waals surface area contributed by atoms with Gasteiger partial charge in [-0.2, -0.15) is 0 Å². The molecule has 8 bridgehead atoms. The van der Waals surface area contributed by atoms with Crippen molar-refractivity contribution in [1.82, 2.24) is 38.2 Å². The van der Waals surface area contributed by atoms with Crippen LogP contribution in [0.2, 0.25) is 0 Å². The molecule has 0 saturated heterocycles. The zero-order chi connectivity index (χ0) is 38.8. The monoisotopic (exact) mass is 740 g/mol. The lowest BCUT2D eigenvalue weighted by atomic mass is 10.0. The van der Waals surface area contributed by atoms with E-state index in [1.807, 2.05) is 52.5 Å². The molecule has 56 heavy (non-hydrogen) atoms. The van der Waals surface area contributed by atoms with Crippen molar-refractivity contribution in [3.63, 3.8) is 0 Å². The molecule has 5 aliphatic heterocycles. The topological polar surface area (TPSA) is 121 Å². The maximum atomic E-state index is 5.43. The Bertz CT molecular complexity index is 2380. The van der Waals surface area contributed by atoms with Crippen LogP contribution >= 0.6 is 0 Å². The number of fused-ring (bicyclic) bond motifs is 4. The number of hydrogen-bond donors (Lipinski definition) is 0. The van der Waals surface area contributed by atoms with Crippen LogP contribution < -0.4 is 0 Å². The molecule has 0 unspecified atom stereocenters. The van der Waals surface area contributed by atoms with Crippen molar-refractivity contribution in [3.8, 4) is 0 Å². The van der Waals surface area contributed by atoms with Gasteiger partial charge in [0.1, 0.15) is 23.3 Å². The number of rotatable bonds is 8. The third kappa shape index (κ3) is 5.42. The minimum Gasteiger partial charge on any atom is -0.328 e. The van der Waals surface area contributed by atoms with Gasteiger partial charge in [0.2, 0.25) is 0 Å². The van der Waals surface area contributed by atoms with Crippen LogP contribution in [0.1, 0.15) is 73.8 Å². The molecule has 0 aliphatic carbocycles. The first kappa shape index (κ1) is 35.2. The molecule has 0 saturated carbocycles.